The Hall–Kier alpha value is -2.96. The maximum Gasteiger partial charge on any atom is 0.238 e. The van der Waals surface area contributed by atoms with Crippen molar-refractivity contribution >= 4 is 5.91 Å². The SMILES string of the molecule is Cc1oc(-c2ccccc2)nc1CC(=O)N[C@@H](C)c1nnc(C(C)C)o1. The monoisotopic (exact) mass is 354 g/mol. The van der Waals surface area contributed by atoms with Gasteiger partial charge < -0.3 is 14.2 Å². The molecule has 0 unspecified atom stereocenters. The maximum absolute atomic E-state index is 12.4. The largest absolute Gasteiger partial charge is 0.441 e. The van der Waals surface area contributed by atoms with E-state index in [1.165, 1.54) is 0 Å². The van der Waals surface area contributed by atoms with Crippen LogP contribution in [-0.4, -0.2) is 21.1 Å². The molecule has 0 saturated carbocycles. The molecule has 0 aliphatic heterocycles. The third-order valence-electron chi connectivity index (χ3n) is 3.94. The molecule has 0 fully saturated rings. The maximum atomic E-state index is 12.4. The highest BCUT2D eigenvalue weighted by Crippen LogP contribution is 2.22. The van der Waals surface area contributed by atoms with Gasteiger partial charge in [-0.1, -0.05) is 32.0 Å². The fourth-order valence-electron chi connectivity index (χ4n) is 2.46. The van der Waals surface area contributed by atoms with Crippen LogP contribution >= 0.6 is 0 Å². The number of hydrogen-bond acceptors (Lipinski definition) is 6. The van der Waals surface area contributed by atoms with Crippen LogP contribution in [0.4, 0.5) is 0 Å². The lowest BCUT2D eigenvalue weighted by Gasteiger charge is -2.09. The summed E-state index contributed by atoms with van der Waals surface area (Å²) in [5.74, 6) is 2.06. The number of nitrogens with zero attached hydrogens (tertiary/aromatic N) is 3. The van der Waals surface area contributed by atoms with Crippen molar-refractivity contribution in [2.24, 2.45) is 0 Å². The summed E-state index contributed by atoms with van der Waals surface area (Å²) in [6, 6.07) is 9.22. The molecule has 26 heavy (non-hydrogen) atoms. The minimum Gasteiger partial charge on any atom is -0.441 e. The predicted octanol–water partition coefficient (Wildman–Crippen LogP) is 3.58. The van der Waals surface area contributed by atoms with Gasteiger partial charge in [-0.15, -0.1) is 10.2 Å². The number of aromatic nitrogens is 3. The number of carbonyl (C=O) groups excluding carboxylic acids is 1. The summed E-state index contributed by atoms with van der Waals surface area (Å²) in [5, 5.41) is 10.8. The summed E-state index contributed by atoms with van der Waals surface area (Å²) in [4.78, 5) is 16.8. The molecule has 3 aromatic rings. The van der Waals surface area contributed by atoms with Crippen LogP contribution in [0.25, 0.3) is 11.5 Å². The van der Waals surface area contributed by atoms with E-state index in [-0.39, 0.29) is 24.3 Å². The average Bonchev–Trinajstić information content (AvgIpc) is 3.23. The molecule has 0 radical (unpaired) electrons. The van der Waals surface area contributed by atoms with Crippen LogP contribution in [0.5, 0.6) is 0 Å². The minimum atomic E-state index is -0.372. The van der Waals surface area contributed by atoms with Gasteiger partial charge in [0.15, 0.2) is 0 Å². The molecule has 0 aliphatic rings. The summed E-state index contributed by atoms with van der Waals surface area (Å²) < 4.78 is 11.3. The highest BCUT2D eigenvalue weighted by Gasteiger charge is 2.20. The highest BCUT2D eigenvalue weighted by molar-refractivity contribution is 5.78. The first-order valence-corrected chi connectivity index (χ1v) is 8.58. The Balaban J connectivity index is 1.65. The first kappa shape index (κ1) is 17.8. The van der Waals surface area contributed by atoms with Crippen molar-refractivity contribution in [2.45, 2.75) is 46.1 Å². The molecule has 7 heteroatoms. The Morgan fingerprint density at radius 1 is 1.08 bits per heavy atom. The summed E-state index contributed by atoms with van der Waals surface area (Å²) in [5.41, 5.74) is 1.49. The molecule has 1 atom stereocenters. The number of aryl methyl sites for hydroxylation is 1. The lowest BCUT2D eigenvalue weighted by molar-refractivity contribution is -0.121. The Labute approximate surface area is 151 Å². The molecule has 1 N–H and O–H groups in total. The van der Waals surface area contributed by atoms with Crippen LogP contribution in [0.2, 0.25) is 0 Å². The van der Waals surface area contributed by atoms with Crippen molar-refractivity contribution < 1.29 is 13.6 Å². The van der Waals surface area contributed by atoms with Crippen LogP contribution in [-0.2, 0) is 11.2 Å². The Bertz CT molecular complexity index is 883. The van der Waals surface area contributed by atoms with Crippen molar-refractivity contribution in [1.29, 1.82) is 0 Å². The third-order valence-corrected chi connectivity index (χ3v) is 3.94. The molecule has 2 heterocycles. The van der Waals surface area contributed by atoms with Gasteiger partial charge in [-0.05, 0) is 26.0 Å². The molecule has 0 saturated heterocycles. The molecule has 0 bridgehead atoms. The molecule has 7 nitrogen and oxygen atoms in total. The normalized spacial score (nSPS) is 12.3. The van der Waals surface area contributed by atoms with E-state index in [0.29, 0.717) is 29.1 Å². The summed E-state index contributed by atoms with van der Waals surface area (Å²) in [6.07, 6.45) is 0.123. The third kappa shape index (κ3) is 3.99. The Morgan fingerprint density at radius 3 is 2.42 bits per heavy atom. The average molecular weight is 354 g/mol. The predicted molar refractivity (Wildman–Crippen MR) is 95.3 cm³/mol. The van der Waals surface area contributed by atoms with Gasteiger partial charge in [0, 0.05) is 11.5 Å². The molecule has 1 aromatic carbocycles. The van der Waals surface area contributed by atoms with Crippen molar-refractivity contribution in [2.75, 3.05) is 0 Å². The van der Waals surface area contributed by atoms with Gasteiger partial charge in [-0.3, -0.25) is 4.79 Å². The molecule has 3 rings (SSSR count). The zero-order valence-corrected chi connectivity index (χ0v) is 15.3. The fraction of sp³-hybridized carbons (Fsp3) is 0.368. The Kier molecular flexibility index (Phi) is 5.16. The smallest absolute Gasteiger partial charge is 0.238 e. The van der Waals surface area contributed by atoms with Crippen LogP contribution in [0, 0.1) is 6.92 Å². The first-order valence-electron chi connectivity index (χ1n) is 8.58. The number of rotatable bonds is 6. The zero-order valence-electron chi connectivity index (χ0n) is 15.3. The first-order chi connectivity index (χ1) is 12.4. The van der Waals surface area contributed by atoms with Gasteiger partial charge in [-0.25, -0.2) is 4.98 Å². The Morgan fingerprint density at radius 2 is 1.77 bits per heavy atom. The standard InChI is InChI=1S/C19H22N4O3/c1-11(2)17-22-23-18(26-17)12(3)20-16(24)10-15-13(4)25-19(21-15)14-8-6-5-7-9-14/h5-9,11-12H,10H2,1-4H3,(H,20,24)/t12-/m0/s1. The summed E-state index contributed by atoms with van der Waals surface area (Å²) in [6.45, 7) is 7.55. The van der Waals surface area contributed by atoms with E-state index >= 15 is 0 Å². The topological polar surface area (TPSA) is 94.1 Å². The van der Waals surface area contributed by atoms with Gasteiger partial charge in [0.1, 0.15) is 11.8 Å². The summed E-state index contributed by atoms with van der Waals surface area (Å²) in [7, 11) is 0. The van der Waals surface area contributed by atoms with E-state index < -0.39 is 0 Å². The number of oxazole rings is 1. The minimum absolute atomic E-state index is 0.123. The van der Waals surface area contributed by atoms with E-state index in [2.05, 4.69) is 20.5 Å². The van der Waals surface area contributed by atoms with Gasteiger partial charge in [0.05, 0.1) is 12.1 Å². The van der Waals surface area contributed by atoms with Crippen LogP contribution in [0.15, 0.2) is 39.2 Å². The van der Waals surface area contributed by atoms with Gasteiger partial charge in [-0.2, -0.15) is 0 Å². The molecule has 136 valence electrons. The van der Waals surface area contributed by atoms with E-state index in [1.54, 1.807) is 13.8 Å². The molecule has 1 amide bonds. The van der Waals surface area contributed by atoms with E-state index in [9.17, 15) is 4.79 Å². The lowest BCUT2D eigenvalue weighted by atomic mass is 10.2. The highest BCUT2D eigenvalue weighted by atomic mass is 16.4. The number of nitrogens with one attached hydrogen (secondary N) is 1. The number of benzene rings is 1. The molecule has 0 spiro atoms. The van der Waals surface area contributed by atoms with E-state index in [0.717, 1.165) is 5.56 Å². The fourth-order valence-corrected chi connectivity index (χ4v) is 2.46. The van der Waals surface area contributed by atoms with Crippen LogP contribution in [0.3, 0.4) is 0 Å². The van der Waals surface area contributed by atoms with Crippen molar-refractivity contribution in [3.8, 4) is 11.5 Å². The molecular weight excluding hydrogens is 332 g/mol. The van der Waals surface area contributed by atoms with Crippen molar-refractivity contribution in [3.63, 3.8) is 0 Å². The van der Waals surface area contributed by atoms with E-state index in [4.69, 9.17) is 8.83 Å². The lowest BCUT2D eigenvalue weighted by Crippen LogP contribution is -2.28. The second kappa shape index (κ2) is 7.51. The van der Waals surface area contributed by atoms with E-state index in [1.807, 2.05) is 44.2 Å². The molecule has 2 aromatic heterocycles. The number of hydrogen-bond donors (Lipinski definition) is 1. The second-order valence-corrected chi connectivity index (χ2v) is 6.49. The summed E-state index contributed by atoms with van der Waals surface area (Å²) >= 11 is 0. The number of carbonyl (C=O) groups is 1. The van der Waals surface area contributed by atoms with Gasteiger partial charge in [0.2, 0.25) is 23.6 Å². The quantitative estimate of drug-likeness (QED) is 0.727. The zero-order chi connectivity index (χ0) is 18.7. The number of amides is 1. The van der Waals surface area contributed by atoms with Crippen LogP contribution in [0.1, 0.15) is 56.0 Å². The molecule has 0 aliphatic carbocycles. The van der Waals surface area contributed by atoms with Gasteiger partial charge in [0.25, 0.3) is 0 Å². The molecular formula is C19H22N4O3. The van der Waals surface area contributed by atoms with Gasteiger partial charge >= 0.3 is 0 Å². The van der Waals surface area contributed by atoms with Crippen molar-refractivity contribution in [3.05, 3.63) is 53.6 Å². The second-order valence-electron chi connectivity index (χ2n) is 6.49. The van der Waals surface area contributed by atoms with Crippen molar-refractivity contribution in [1.82, 2.24) is 20.5 Å². The van der Waals surface area contributed by atoms with Crippen LogP contribution < -0.4 is 5.32 Å².